The Morgan fingerprint density at radius 1 is 1.20 bits per heavy atom. The second-order valence-corrected chi connectivity index (χ2v) is 13.3. The van der Waals surface area contributed by atoms with Crippen LogP contribution in [0.4, 0.5) is 4.79 Å². The molecule has 2 aliphatic heterocycles. The number of nitrogens with zero attached hydrogens (tertiary/aromatic N) is 1. The lowest BCUT2D eigenvalue weighted by Crippen LogP contribution is -2.39. The predicted octanol–water partition coefficient (Wildman–Crippen LogP) is 6.95. The third-order valence-electron chi connectivity index (χ3n) is 8.31. The number of rotatable bonds is 5. The van der Waals surface area contributed by atoms with Crippen molar-refractivity contribution in [3.05, 3.63) is 46.5 Å². The third-order valence-corrected chi connectivity index (χ3v) is 8.31. The number of likely N-dealkylation sites (tertiary alicyclic amines) is 1. The van der Waals surface area contributed by atoms with E-state index in [1.54, 1.807) is 18.2 Å². The predicted molar refractivity (Wildman–Crippen MR) is 150 cm³/mol. The van der Waals surface area contributed by atoms with Gasteiger partial charge in [0.2, 0.25) is 0 Å². The molecule has 5 rings (SSSR count). The van der Waals surface area contributed by atoms with Crippen LogP contribution >= 0.6 is 0 Å². The first-order valence-corrected chi connectivity index (χ1v) is 14.1. The normalized spacial score (nSPS) is 23.8. The first-order chi connectivity index (χ1) is 18.8. The molecule has 0 radical (unpaired) electrons. The van der Waals surface area contributed by atoms with Gasteiger partial charge in [-0.1, -0.05) is 34.6 Å². The number of amides is 1. The largest absolute Gasteiger partial charge is 0.495 e. The van der Waals surface area contributed by atoms with E-state index in [1.807, 2.05) is 31.7 Å². The van der Waals surface area contributed by atoms with Gasteiger partial charge in [-0.25, -0.2) is 9.59 Å². The van der Waals surface area contributed by atoms with Gasteiger partial charge < -0.3 is 29.0 Å². The van der Waals surface area contributed by atoms with Crippen molar-refractivity contribution in [2.75, 3.05) is 13.7 Å². The van der Waals surface area contributed by atoms with Crippen LogP contribution in [0.2, 0.25) is 0 Å². The first kappa shape index (κ1) is 28.3. The summed E-state index contributed by atoms with van der Waals surface area (Å²) in [6.07, 6.45) is 2.27. The molecule has 1 saturated carbocycles. The molecule has 2 heterocycles. The Kier molecular flexibility index (Phi) is 7.27. The first-order valence-electron chi connectivity index (χ1n) is 14.1. The zero-order valence-electron chi connectivity index (χ0n) is 24.6. The summed E-state index contributed by atoms with van der Waals surface area (Å²) in [6.45, 7) is 13.3. The van der Waals surface area contributed by atoms with Crippen LogP contribution in [0.5, 0.6) is 23.0 Å². The molecule has 2 aromatic carbocycles. The van der Waals surface area contributed by atoms with E-state index in [9.17, 15) is 14.7 Å². The fourth-order valence-corrected chi connectivity index (χ4v) is 7.18. The zero-order valence-corrected chi connectivity index (χ0v) is 24.6. The molecule has 40 heavy (non-hydrogen) atoms. The summed E-state index contributed by atoms with van der Waals surface area (Å²) in [4.78, 5) is 28.6. The standard InChI is InChI=1S/C32H41NO7/c1-18(2)10-23(34)22-8-9-24-26(28(22)37-7)29(35)38-15-20-11-19(3)12-25(27(20)39-24)40-30(36)33-17-32(6)14-21(33)13-31(4,5)16-32/h8-9,11-12,18,21,23,34H,10,13-17H2,1-7H3/t21?,23-,32?/m0/s1. The van der Waals surface area contributed by atoms with Gasteiger partial charge in [0, 0.05) is 23.7 Å². The maximum Gasteiger partial charge on any atom is 0.415 e. The number of ether oxygens (including phenoxy) is 4. The number of fused-ring (bicyclic) bond motifs is 4. The van der Waals surface area contributed by atoms with Crippen LogP contribution in [0.15, 0.2) is 24.3 Å². The molecule has 2 bridgehead atoms. The average Bonchev–Trinajstić information content (AvgIpc) is 3.10. The van der Waals surface area contributed by atoms with Gasteiger partial charge in [-0.15, -0.1) is 0 Å². The highest BCUT2D eigenvalue weighted by Crippen LogP contribution is 2.53. The molecule has 1 saturated heterocycles. The number of methoxy groups -OCH3 is 1. The van der Waals surface area contributed by atoms with Crippen LogP contribution in [0, 0.1) is 23.7 Å². The summed E-state index contributed by atoms with van der Waals surface area (Å²) in [5.41, 5.74) is 2.27. The molecule has 3 atom stereocenters. The molecule has 1 amide bonds. The lowest BCUT2D eigenvalue weighted by molar-refractivity contribution is 0.0453. The second kappa shape index (κ2) is 10.3. The molecular formula is C32H41NO7. The molecular weight excluding hydrogens is 510 g/mol. The Labute approximate surface area is 236 Å². The number of aliphatic hydroxyl groups is 1. The Morgan fingerprint density at radius 2 is 1.95 bits per heavy atom. The number of hydrogen-bond donors (Lipinski definition) is 1. The third kappa shape index (κ3) is 5.38. The molecule has 1 N–H and O–H groups in total. The number of carbonyl (C=O) groups is 2. The summed E-state index contributed by atoms with van der Waals surface area (Å²) in [5, 5.41) is 10.8. The lowest BCUT2D eigenvalue weighted by Gasteiger charge is -2.39. The molecule has 2 fully saturated rings. The highest BCUT2D eigenvalue weighted by molar-refractivity contribution is 5.96. The summed E-state index contributed by atoms with van der Waals surface area (Å²) in [5.74, 6) is 0.634. The minimum atomic E-state index is -0.823. The van der Waals surface area contributed by atoms with E-state index in [-0.39, 0.29) is 52.2 Å². The van der Waals surface area contributed by atoms with E-state index in [2.05, 4.69) is 20.8 Å². The Balaban J connectivity index is 1.49. The fraction of sp³-hybridized carbons (Fsp3) is 0.562. The fourth-order valence-electron chi connectivity index (χ4n) is 7.18. The lowest BCUT2D eigenvalue weighted by atomic mass is 9.65. The van der Waals surface area contributed by atoms with Crippen molar-refractivity contribution in [1.29, 1.82) is 0 Å². The van der Waals surface area contributed by atoms with Gasteiger partial charge in [0.25, 0.3) is 0 Å². The van der Waals surface area contributed by atoms with Gasteiger partial charge in [-0.05, 0) is 79.2 Å². The zero-order chi connectivity index (χ0) is 29.0. The molecule has 216 valence electrons. The maximum absolute atomic E-state index is 13.6. The Hall–Kier alpha value is -3.26. The van der Waals surface area contributed by atoms with Crippen molar-refractivity contribution in [2.45, 2.75) is 86.0 Å². The topological polar surface area (TPSA) is 94.5 Å². The highest BCUT2D eigenvalue weighted by Gasteiger charge is 2.51. The van der Waals surface area contributed by atoms with Crippen molar-refractivity contribution < 1.29 is 33.6 Å². The van der Waals surface area contributed by atoms with Crippen LogP contribution in [0.1, 0.15) is 93.5 Å². The van der Waals surface area contributed by atoms with Crippen molar-refractivity contribution in [2.24, 2.45) is 16.7 Å². The van der Waals surface area contributed by atoms with Crippen molar-refractivity contribution in [1.82, 2.24) is 4.90 Å². The van der Waals surface area contributed by atoms with E-state index in [0.29, 0.717) is 29.8 Å². The van der Waals surface area contributed by atoms with E-state index in [4.69, 9.17) is 18.9 Å². The SMILES string of the molecule is COc1c([C@@H](O)CC(C)C)ccc2c1C(=O)OCc1cc(C)cc(OC(=O)N3CC4(C)CC3CC(C)(C)C4)c1O2. The highest BCUT2D eigenvalue weighted by atomic mass is 16.6. The van der Waals surface area contributed by atoms with Crippen LogP contribution in [-0.2, 0) is 11.3 Å². The monoisotopic (exact) mass is 551 g/mol. The number of aliphatic hydroxyl groups excluding tert-OH is 1. The van der Waals surface area contributed by atoms with Crippen LogP contribution in [0.3, 0.4) is 0 Å². The van der Waals surface area contributed by atoms with Gasteiger partial charge >= 0.3 is 12.1 Å². The number of aryl methyl sites for hydroxylation is 1. The maximum atomic E-state index is 13.6. The average molecular weight is 552 g/mol. The molecule has 0 aromatic heterocycles. The number of cyclic esters (lactones) is 1. The van der Waals surface area contributed by atoms with Crippen LogP contribution in [-0.4, -0.2) is 41.8 Å². The number of benzene rings is 2. The molecule has 0 spiro atoms. The molecule has 1 aliphatic carbocycles. The Bertz CT molecular complexity index is 1330. The molecule has 8 heteroatoms. The second-order valence-electron chi connectivity index (χ2n) is 13.3. The molecule has 2 unspecified atom stereocenters. The summed E-state index contributed by atoms with van der Waals surface area (Å²) in [7, 11) is 1.45. The summed E-state index contributed by atoms with van der Waals surface area (Å²) < 4.78 is 23.7. The summed E-state index contributed by atoms with van der Waals surface area (Å²) >= 11 is 0. The number of esters is 1. The van der Waals surface area contributed by atoms with E-state index < -0.39 is 18.2 Å². The molecule has 8 nitrogen and oxygen atoms in total. The quantitative estimate of drug-likeness (QED) is 0.402. The van der Waals surface area contributed by atoms with Crippen molar-refractivity contribution >= 4 is 12.1 Å². The number of hydrogen-bond acceptors (Lipinski definition) is 7. The molecule has 2 aromatic rings. The van der Waals surface area contributed by atoms with E-state index in [0.717, 1.165) is 24.8 Å². The van der Waals surface area contributed by atoms with Gasteiger partial charge in [0.15, 0.2) is 11.5 Å². The van der Waals surface area contributed by atoms with Crippen LogP contribution < -0.4 is 14.2 Å². The van der Waals surface area contributed by atoms with E-state index in [1.165, 1.54) is 7.11 Å². The smallest absolute Gasteiger partial charge is 0.415 e. The minimum Gasteiger partial charge on any atom is -0.495 e. The van der Waals surface area contributed by atoms with Gasteiger partial charge in [-0.3, -0.25) is 0 Å². The van der Waals surface area contributed by atoms with Gasteiger partial charge in [0.1, 0.15) is 23.7 Å². The minimum absolute atomic E-state index is 0.0691. The van der Waals surface area contributed by atoms with Crippen LogP contribution in [0.25, 0.3) is 0 Å². The molecule has 3 aliphatic rings. The van der Waals surface area contributed by atoms with Gasteiger partial charge in [-0.2, -0.15) is 0 Å². The number of carbonyl (C=O) groups excluding carboxylic acids is 2. The van der Waals surface area contributed by atoms with Gasteiger partial charge in [0.05, 0.1) is 13.2 Å². The van der Waals surface area contributed by atoms with Crippen molar-refractivity contribution in [3.8, 4) is 23.0 Å². The van der Waals surface area contributed by atoms with Crippen molar-refractivity contribution in [3.63, 3.8) is 0 Å². The van der Waals surface area contributed by atoms with E-state index >= 15 is 0 Å². The Morgan fingerprint density at radius 3 is 2.65 bits per heavy atom. The summed E-state index contributed by atoms with van der Waals surface area (Å²) in [6, 6.07) is 7.09.